The van der Waals surface area contributed by atoms with Gasteiger partial charge in [0.05, 0.1) is 0 Å². The van der Waals surface area contributed by atoms with Crippen LogP contribution in [0.4, 0.5) is 4.79 Å². The molecule has 0 saturated heterocycles. The van der Waals surface area contributed by atoms with Crippen LogP contribution in [0.3, 0.4) is 0 Å². The molecule has 2 aromatic carbocycles. The molecule has 1 unspecified atom stereocenters. The van der Waals surface area contributed by atoms with Crippen LogP contribution in [0.5, 0.6) is 0 Å². The van der Waals surface area contributed by atoms with Crippen LogP contribution in [0.25, 0.3) is 11.1 Å². The van der Waals surface area contributed by atoms with E-state index < -0.39 is 29.7 Å². The van der Waals surface area contributed by atoms with Gasteiger partial charge >= 0.3 is 18.0 Å². The van der Waals surface area contributed by atoms with Crippen LogP contribution < -0.4 is 5.32 Å². The second kappa shape index (κ2) is 9.20. The topological polar surface area (TPSA) is 102 Å². The molecule has 0 fully saturated rings. The van der Waals surface area contributed by atoms with Crippen molar-refractivity contribution < 1.29 is 29.0 Å². The molecule has 31 heavy (non-hydrogen) atoms. The Kier molecular flexibility index (Phi) is 6.63. The summed E-state index contributed by atoms with van der Waals surface area (Å²) in [4.78, 5) is 35.8. The molecule has 0 aliphatic heterocycles. The van der Waals surface area contributed by atoms with Gasteiger partial charge in [0.25, 0.3) is 0 Å². The van der Waals surface area contributed by atoms with Gasteiger partial charge in [0.15, 0.2) is 0 Å². The first-order chi connectivity index (χ1) is 14.7. The van der Waals surface area contributed by atoms with Gasteiger partial charge in [-0.25, -0.2) is 9.59 Å². The predicted octanol–water partition coefficient (Wildman–Crippen LogP) is 4.10. The van der Waals surface area contributed by atoms with Crippen LogP contribution >= 0.6 is 0 Å². The van der Waals surface area contributed by atoms with Gasteiger partial charge in [-0.1, -0.05) is 48.5 Å². The number of benzene rings is 2. The molecule has 0 saturated carbocycles. The third-order valence-corrected chi connectivity index (χ3v) is 4.97. The van der Waals surface area contributed by atoms with E-state index in [2.05, 4.69) is 5.32 Å². The number of carboxylic acid groups (broad SMARTS) is 1. The Morgan fingerprint density at radius 3 is 2.06 bits per heavy atom. The molecule has 0 heterocycles. The molecular weight excluding hydrogens is 398 g/mol. The average Bonchev–Trinajstić information content (AvgIpc) is 3.02. The summed E-state index contributed by atoms with van der Waals surface area (Å²) in [6.45, 7) is 5.20. The van der Waals surface area contributed by atoms with Crippen molar-refractivity contribution in [3.05, 3.63) is 59.7 Å². The number of alkyl carbamates (subject to hydrolysis) is 1. The highest BCUT2D eigenvalue weighted by Crippen LogP contribution is 2.44. The molecule has 0 spiro atoms. The normalized spacial score (nSPS) is 13.6. The second-order valence-corrected chi connectivity index (χ2v) is 8.49. The lowest BCUT2D eigenvalue weighted by atomic mass is 9.98. The van der Waals surface area contributed by atoms with E-state index >= 15 is 0 Å². The highest BCUT2D eigenvalue weighted by atomic mass is 16.6. The van der Waals surface area contributed by atoms with Crippen LogP contribution in [-0.4, -0.2) is 41.4 Å². The molecule has 1 atom stereocenters. The van der Waals surface area contributed by atoms with E-state index in [-0.39, 0.29) is 25.4 Å². The van der Waals surface area contributed by atoms with E-state index in [1.165, 1.54) is 0 Å². The van der Waals surface area contributed by atoms with E-state index in [0.29, 0.717) is 0 Å². The Labute approximate surface area is 181 Å². The zero-order valence-corrected chi connectivity index (χ0v) is 17.9. The third kappa shape index (κ3) is 5.63. The number of hydrogen-bond donors (Lipinski definition) is 2. The van der Waals surface area contributed by atoms with Crippen molar-refractivity contribution in [2.24, 2.45) is 0 Å². The standard InChI is InChI=1S/C24H27NO6/c1-24(2,3)31-22(28)20(12-13-21(26)27)25-23(29)30-14-19-17-10-6-4-8-15(17)16-9-5-7-11-18(16)19/h4-11,19-20H,12-14H2,1-3H3,(H,25,29)(H,26,27). The lowest BCUT2D eigenvalue weighted by Gasteiger charge is -2.24. The maximum Gasteiger partial charge on any atom is 0.407 e. The summed E-state index contributed by atoms with van der Waals surface area (Å²) >= 11 is 0. The third-order valence-electron chi connectivity index (χ3n) is 4.97. The fraction of sp³-hybridized carbons (Fsp3) is 0.375. The van der Waals surface area contributed by atoms with Crippen molar-refractivity contribution in [2.45, 2.75) is 51.2 Å². The molecule has 7 heteroatoms. The zero-order valence-electron chi connectivity index (χ0n) is 17.9. The number of amides is 1. The molecule has 164 valence electrons. The van der Waals surface area contributed by atoms with Crippen LogP contribution in [0, 0.1) is 0 Å². The van der Waals surface area contributed by atoms with E-state index in [1.54, 1.807) is 20.8 Å². The number of carboxylic acids is 1. The van der Waals surface area contributed by atoms with Gasteiger partial charge in [-0.2, -0.15) is 0 Å². The summed E-state index contributed by atoms with van der Waals surface area (Å²) in [7, 11) is 0. The average molecular weight is 425 g/mol. The Bertz CT molecular complexity index is 933. The summed E-state index contributed by atoms with van der Waals surface area (Å²) in [5.41, 5.74) is 3.61. The summed E-state index contributed by atoms with van der Waals surface area (Å²) < 4.78 is 10.8. The van der Waals surface area contributed by atoms with Crippen molar-refractivity contribution in [1.29, 1.82) is 0 Å². The number of nitrogens with one attached hydrogen (secondary N) is 1. The minimum Gasteiger partial charge on any atom is -0.481 e. The Morgan fingerprint density at radius 1 is 1.00 bits per heavy atom. The first-order valence-corrected chi connectivity index (χ1v) is 10.2. The van der Waals surface area contributed by atoms with Gasteiger partial charge in [-0.15, -0.1) is 0 Å². The highest BCUT2D eigenvalue weighted by Gasteiger charge is 2.31. The van der Waals surface area contributed by atoms with Crippen molar-refractivity contribution in [3.63, 3.8) is 0 Å². The van der Waals surface area contributed by atoms with Crippen LogP contribution in [-0.2, 0) is 19.1 Å². The fourth-order valence-corrected chi connectivity index (χ4v) is 3.67. The van der Waals surface area contributed by atoms with E-state index in [4.69, 9.17) is 14.6 Å². The van der Waals surface area contributed by atoms with Crippen molar-refractivity contribution in [1.82, 2.24) is 5.32 Å². The predicted molar refractivity (Wildman–Crippen MR) is 115 cm³/mol. The second-order valence-electron chi connectivity index (χ2n) is 8.49. The SMILES string of the molecule is CC(C)(C)OC(=O)C(CCC(=O)O)NC(=O)OCC1c2ccccc2-c2ccccc21. The van der Waals surface area contributed by atoms with Crippen molar-refractivity contribution in [3.8, 4) is 11.1 Å². The van der Waals surface area contributed by atoms with E-state index in [0.717, 1.165) is 22.3 Å². The quantitative estimate of drug-likeness (QED) is 0.648. The molecule has 0 aromatic heterocycles. The zero-order chi connectivity index (χ0) is 22.6. The van der Waals surface area contributed by atoms with Gasteiger partial charge < -0.3 is 19.9 Å². The molecule has 1 aliphatic carbocycles. The minimum atomic E-state index is -1.11. The van der Waals surface area contributed by atoms with E-state index in [9.17, 15) is 14.4 Å². The van der Waals surface area contributed by atoms with Gasteiger partial charge in [0.2, 0.25) is 0 Å². The maximum atomic E-state index is 12.5. The molecule has 1 amide bonds. The largest absolute Gasteiger partial charge is 0.481 e. The van der Waals surface area contributed by atoms with Crippen LogP contribution in [0.2, 0.25) is 0 Å². The van der Waals surface area contributed by atoms with Crippen molar-refractivity contribution in [2.75, 3.05) is 6.61 Å². The molecule has 1 aliphatic rings. The number of esters is 1. The number of hydrogen-bond acceptors (Lipinski definition) is 5. The van der Waals surface area contributed by atoms with Gasteiger partial charge in [-0.3, -0.25) is 4.79 Å². The molecule has 0 bridgehead atoms. The van der Waals surface area contributed by atoms with Crippen LogP contribution in [0.15, 0.2) is 48.5 Å². The summed E-state index contributed by atoms with van der Waals surface area (Å²) in [6.07, 6.45) is -1.16. The first kappa shape index (κ1) is 22.3. The lowest BCUT2D eigenvalue weighted by Crippen LogP contribution is -2.44. The fourth-order valence-electron chi connectivity index (χ4n) is 3.67. The number of fused-ring (bicyclic) bond motifs is 3. The molecule has 2 N–H and O–H groups in total. The van der Waals surface area contributed by atoms with Crippen LogP contribution in [0.1, 0.15) is 50.7 Å². The Hall–Kier alpha value is -3.35. The summed E-state index contributed by atoms with van der Waals surface area (Å²) in [5, 5.41) is 11.4. The first-order valence-electron chi connectivity index (χ1n) is 10.2. The minimum absolute atomic E-state index is 0.0888. The lowest BCUT2D eigenvalue weighted by molar-refractivity contribution is -0.157. The number of ether oxygens (including phenoxy) is 2. The van der Waals surface area contributed by atoms with E-state index in [1.807, 2.05) is 48.5 Å². The van der Waals surface area contributed by atoms with Gasteiger partial charge in [0, 0.05) is 12.3 Å². The maximum absolute atomic E-state index is 12.5. The Balaban J connectivity index is 1.67. The number of carbonyl (C=O) groups is 3. The van der Waals surface area contributed by atoms with Gasteiger partial charge in [0.1, 0.15) is 18.2 Å². The summed E-state index contributed by atoms with van der Waals surface area (Å²) in [5.74, 6) is -1.87. The molecule has 2 aromatic rings. The molecular formula is C24H27NO6. The molecule has 3 rings (SSSR count). The number of carbonyl (C=O) groups excluding carboxylic acids is 2. The van der Waals surface area contributed by atoms with Crippen molar-refractivity contribution >= 4 is 18.0 Å². The van der Waals surface area contributed by atoms with Gasteiger partial charge in [-0.05, 0) is 49.4 Å². The summed E-state index contributed by atoms with van der Waals surface area (Å²) in [6, 6.07) is 14.8. The Morgan fingerprint density at radius 2 is 1.55 bits per heavy atom. The number of aliphatic carboxylic acids is 1. The smallest absolute Gasteiger partial charge is 0.407 e. The highest BCUT2D eigenvalue weighted by molar-refractivity contribution is 5.83. The number of rotatable bonds is 7. The monoisotopic (exact) mass is 425 g/mol. The molecule has 0 radical (unpaired) electrons. The molecule has 7 nitrogen and oxygen atoms in total.